The molecular weight excluding hydrogens is 491 g/mol. The highest BCUT2D eigenvalue weighted by Gasteiger charge is 2.73. The fourth-order valence-electron chi connectivity index (χ4n) is 7.04. The van der Waals surface area contributed by atoms with E-state index in [4.69, 9.17) is 5.73 Å². The summed E-state index contributed by atoms with van der Waals surface area (Å²) in [6.07, 6.45) is 6.58. The molecular formula is C26H48F2IN. The van der Waals surface area contributed by atoms with Gasteiger partial charge in [-0.25, -0.2) is 8.78 Å². The van der Waals surface area contributed by atoms with Crippen LogP contribution < -0.4 is 5.73 Å². The van der Waals surface area contributed by atoms with Gasteiger partial charge >= 0.3 is 0 Å². The highest BCUT2D eigenvalue weighted by atomic mass is 127. The minimum absolute atomic E-state index is 0.0172. The summed E-state index contributed by atoms with van der Waals surface area (Å²) >= 11 is 2.40. The van der Waals surface area contributed by atoms with Crippen molar-refractivity contribution in [2.45, 2.75) is 118 Å². The van der Waals surface area contributed by atoms with Gasteiger partial charge in [0, 0.05) is 21.3 Å². The molecule has 8 atom stereocenters. The second-order valence-corrected chi connectivity index (χ2v) is 12.7. The molecule has 0 aromatic rings. The lowest BCUT2D eigenvalue weighted by atomic mass is 9.54. The van der Waals surface area contributed by atoms with E-state index < -0.39 is 17.3 Å². The molecule has 2 aliphatic carbocycles. The maximum atomic E-state index is 16.3. The molecule has 2 fully saturated rings. The molecule has 2 aliphatic rings. The van der Waals surface area contributed by atoms with Crippen LogP contribution in [0.1, 0.15) is 99.8 Å². The first-order chi connectivity index (χ1) is 13.9. The average molecular weight is 540 g/mol. The lowest BCUT2D eigenvalue weighted by Crippen LogP contribution is -2.50. The van der Waals surface area contributed by atoms with Crippen LogP contribution in [0.25, 0.3) is 0 Å². The van der Waals surface area contributed by atoms with Gasteiger partial charge in [0.2, 0.25) is 0 Å². The summed E-state index contributed by atoms with van der Waals surface area (Å²) in [7, 11) is 0. The minimum Gasteiger partial charge on any atom is -0.328 e. The van der Waals surface area contributed by atoms with Crippen molar-refractivity contribution in [3.8, 4) is 0 Å². The van der Waals surface area contributed by atoms with Crippen molar-refractivity contribution >= 4 is 22.6 Å². The molecule has 0 radical (unpaired) electrons. The van der Waals surface area contributed by atoms with E-state index in [9.17, 15) is 0 Å². The van der Waals surface area contributed by atoms with Crippen molar-refractivity contribution in [2.75, 3.05) is 4.43 Å². The first-order valence-electron chi connectivity index (χ1n) is 12.6. The van der Waals surface area contributed by atoms with Gasteiger partial charge in [-0.05, 0) is 75.0 Å². The summed E-state index contributed by atoms with van der Waals surface area (Å²) in [5, 5.41) is 0. The van der Waals surface area contributed by atoms with Gasteiger partial charge in [-0.2, -0.15) is 0 Å². The van der Waals surface area contributed by atoms with Crippen molar-refractivity contribution in [3.05, 3.63) is 0 Å². The van der Waals surface area contributed by atoms with Gasteiger partial charge < -0.3 is 5.73 Å². The largest absolute Gasteiger partial charge is 0.328 e. The van der Waals surface area contributed by atoms with Crippen LogP contribution in [0.3, 0.4) is 0 Å². The topological polar surface area (TPSA) is 26.0 Å². The highest BCUT2D eigenvalue weighted by Crippen LogP contribution is 2.72. The van der Waals surface area contributed by atoms with E-state index in [1.54, 1.807) is 0 Å². The lowest BCUT2D eigenvalue weighted by Gasteiger charge is -2.52. The lowest BCUT2D eigenvalue weighted by molar-refractivity contribution is -0.0772. The van der Waals surface area contributed by atoms with Crippen LogP contribution in [0, 0.1) is 40.4 Å². The summed E-state index contributed by atoms with van der Waals surface area (Å²) in [5.74, 6) is 0.923. The van der Waals surface area contributed by atoms with Crippen LogP contribution in [-0.2, 0) is 0 Å². The smallest absolute Gasteiger partial charge is 0.120 e. The SMILES string of the molecule is CC[C@@H](C)C([C@H](C)C1(CCI)C[C@@]1(F)C(C)C)[C@@](C)(CC[C@H](C)N)[C@H](F)C1CCC1. The zero-order valence-corrected chi connectivity index (χ0v) is 22.8. The summed E-state index contributed by atoms with van der Waals surface area (Å²) in [6.45, 7) is 15.1. The van der Waals surface area contributed by atoms with E-state index in [2.05, 4.69) is 50.3 Å². The summed E-state index contributed by atoms with van der Waals surface area (Å²) in [4.78, 5) is 0. The molecule has 30 heavy (non-hydrogen) atoms. The third kappa shape index (κ3) is 4.75. The van der Waals surface area contributed by atoms with Gasteiger partial charge in [-0.1, -0.05) is 77.0 Å². The number of rotatable bonds is 13. The Kier molecular flexibility index (Phi) is 9.13. The Balaban J connectivity index is 2.47. The predicted octanol–water partition coefficient (Wildman–Crippen LogP) is 8.14. The number of hydrogen-bond acceptors (Lipinski definition) is 1. The first kappa shape index (κ1) is 26.8. The van der Waals surface area contributed by atoms with Crippen LogP contribution in [0.4, 0.5) is 8.78 Å². The van der Waals surface area contributed by atoms with Crippen LogP contribution in [0.5, 0.6) is 0 Å². The quantitative estimate of drug-likeness (QED) is 0.186. The molecule has 0 aromatic carbocycles. The Morgan fingerprint density at radius 2 is 1.77 bits per heavy atom. The van der Waals surface area contributed by atoms with Crippen molar-refractivity contribution in [1.29, 1.82) is 0 Å². The van der Waals surface area contributed by atoms with E-state index in [1.165, 1.54) is 0 Å². The molecule has 0 aliphatic heterocycles. The Hall–Kier alpha value is 0.550. The molecule has 1 nitrogen and oxygen atoms in total. The van der Waals surface area contributed by atoms with Crippen molar-refractivity contribution in [3.63, 3.8) is 0 Å². The molecule has 0 spiro atoms. The second kappa shape index (κ2) is 10.2. The van der Waals surface area contributed by atoms with E-state index in [-0.39, 0.29) is 35.1 Å². The molecule has 2 rings (SSSR count). The molecule has 0 bridgehead atoms. The number of alkyl halides is 3. The number of hydrogen-bond donors (Lipinski definition) is 1. The third-order valence-corrected chi connectivity index (χ3v) is 10.0. The maximum Gasteiger partial charge on any atom is 0.120 e. The molecule has 0 saturated heterocycles. The normalized spacial score (nSPS) is 34.0. The first-order valence-corrected chi connectivity index (χ1v) is 14.1. The zero-order chi connectivity index (χ0) is 22.9. The van der Waals surface area contributed by atoms with Gasteiger partial charge in [-0.3, -0.25) is 0 Å². The molecule has 0 aromatic heterocycles. The second-order valence-electron chi connectivity index (χ2n) is 11.6. The van der Waals surface area contributed by atoms with Gasteiger partial charge in [0.25, 0.3) is 0 Å². The molecule has 2 N–H and O–H groups in total. The minimum atomic E-state index is -1.10. The molecule has 0 amide bonds. The fraction of sp³-hybridized carbons (Fsp3) is 1.00. The van der Waals surface area contributed by atoms with Crippen molar-refractivity contribution in [1.82, 2.24) is 0 Å². The fourth-order valence-corrected chi connectivity index (χ4v) is 8.00. The standard InChI is InChI=1S/C26H48F2IN/c1-8-18(4)22(20(6)25(14-15-29)16-26(25,28)17(2)3)24(7,13-12-19(5)30)23(27)21-10-9-11-21/h17-23H,8-16,30H2,1-7H3/t18-,19+,20+,22?,23-,24-,25?,26-/m1/s1. The van der Waals surface area contributed by atoms with Gasteiger partial charge in [-0.15, -0.1) is 0 Å². The predicted molar refractivity (Wildman–Crippen MR) is 135 cm³/mol. The van der Waals surface area contributed by atoms with Crippen LogP contribution in [0.2, 0.25) is 0 Å². The van der Waals surface area contributed by atoms with Gasteiger partial charge in [0.05, 0.1) is 0 Å². The average Bonchev–Trinajstić information content (AvgIpc) is 3.25. The highest BCUT2D eigenvalue weighted by molar-refractivity contribution is 14.1. The zero-order valence-electron chi connectivity index (χ0n) is 20.6. The Morgan fingerprint density at radius 3 is 2.13 bits per heavy atom. The molecule has 2 saturated carbocycles. The van der Waals surface area contributed by atoms with Crippen molar-refractivity contribution < 1.29 is 8.78 Å². The maximum absolute atomic E-state index is 16.3. The third-order valence-electron chi connectivity index (χ3n) is 9.49. The van der Waals surface area contributed by atoms with Crippen LogP contribution in [0.15, 0.2) is 0 Å². The number of halogens is 3. The van der Waals surface area contributed by atoms with E-state index >= 15 is 8.78 Å². The Bertz CT molecular complexity index is 551. The van der Waals surface area contributed by atoms with E-state index in [0.717, 1.165) is 49.4 Å². The molecule has 4 heteroatoms. The monoisotopic (exact) mass is 539 g/mol. The van der Waals surface area contributed by atoms with Gasteiger partial charge in [0.15, 0.2) is 0 Å². The summed E-state index contributed by atoms with van der Waals surface area (Å²) < 4.78 is 33.4. The molecule has 2 unspecified atom stereocenters. The summed E-state index contributed by atoms with van der Waals surface area (Å²) in [5.41, 5.74) is 4.31. The van der Waals surface area contributed by atoms with E-state index in [1.807, 2.05) is 20.8 Å². The Labute approximate surface area is 199 Å². The molecule has 0 heterocycles. The van der Waals surface area contributed by atoms with Crippen LogP contribution in [-0.4, -0.2) is 22.3 Å². The van der Waals surface area contributed by atoms with E-state index in [0.29, 0.717) is 12.3 Å². The summed E-state index contributed by atoms with van der Waals surface area (Å²) in [6, 6.07) is 0.0750. The van der Waals surface area contributed by atoms with Crippen molar-refractivity contribution in [2.24, 2.45) is 46.2 Å². The van der Waals surface area contributed by atoms with Crippen LogP contribution >= 0.6 is 22.6 Å². The Morgan fingerprint density at radius 1 is 1.17 bits per heavy atom. The number of nitrogens with two attached hydrogens (primary N) is 1. The molecule has 178 valence electrons. The van der Waals surface area contributed by atoms with Gasteiger partial charge in [0.1, 0.15) is 11.8 Å².